The summed E-state index contributed by atoms with van der Waals surface area (Å²) in [4.78, 5) is 17.1. The van der Waals surface area contributed by atoms with E-state index in [1.54, 1.807) is 11.8 Å². The van der Waals surface area contributed by atoms with Crippen molar-refractivity contribution in [2.24, 2.45) is 0 Å². The zero-order valence-electron chi connectivity index (χ0n) is 18.4. The predicted molar refractivity (Wildman–Crippen MR) is 131 cm³/mol. The van der Waals surface area contributed by atoms with Crippen LogP contribution in [-0.2, 0) is 23.5 Å². The molecule has 168 valence electrons. The second-order valence-electron chi connectivity index (χ2n) is 8.14. The molecule has 1 saturated carbocycles. The molecule has 8 heteroatoms. The topological polar surface area (TPSA) is 72.7 Å². The molecule has 0 spiro atoms. The van der Waals surface area contributed by atoms with Crippen LogP contribution in [0.2, 0.25) is 0 Å². The van der Waals surface area contributed by atoms with Crippen LogP contribution in [0.5, 0.6) is 0 Å². The van der Waals surface area contributed by atoms with Crippen molar-refractivity contribution in [2.75, 3.05) is 5.32 Å². The van der Waals surface area contributed by atoms with Crippen LogP contribution < -0.4 is 5.32 Å². The van der Waals surface area contributed by atoms with Crippen LogP contribution in [-0.4, -0.2) is 25.7 Å². The molecule has 0 aliphatic heterocycles. The maximum Gasteiger partial charge on any atom is 0.231 e. The molecule has 32 heavy (non-hydrogen) atoms. The van der Waals surface area contributed by atoms with Gasteiger partial charge in [-0.3, -0.25) is 4.79 Å². The van der Waals surface area contributed by atoms with Crippen molar-refractivity contribution >= 4 is 34.7 Å². The van der Waals surface area contributed by atoms with Gasteiger partial charge in [0.2, 0.25) is 5.91 Å². The average molecular weight is 468 g/mol. The Morgan fingerprint density at radius 1 is 1.28 bits per heavy atom. The molecule has 1 aromatic carbocycles. The van der Waals surface area contributed by atoms with Gasteiger partial charge in [-0.15, -0.1) is 28.1 Å². The maximum atomic E-state index is 12.4. The minimum absolute atomic E-state index is 0.0456. The van der Waals surface area contributed by atoms with Gasteiger partial charge < -0.3 is 9.88 Å². The summed E-state index contributed by atoms with van der Waals surface area (Å²) < 4.78 is 2.20. The Morgan fingerprint density at radius 3 is 2.88 bits per heavy atom. The summed E-state index contributed by atoms with van der Waals surface area (Å²) in [5.41, 5.74) is 2.86. The number of anilines is 1. The van der Waals surface area contributed by atoms with Gasteiger partial charge in [-0.2, -0.15) is 0 Å². The number of allylic oxidation sites excluding steroid dienone is 1. The molecule has 1 fully saturated rings. The first-order chi connectivity index (χ1) is 15.6. The zero-order chi connectivity index (χ0) is 22.3. The molecule has 6 nitrogen and oxygen atoms in total. The van der Waals surface area contributed by atoms with Crippen LogP contribution in [0.4, 0.5) is 5.69 Å². The van der Waals surface area contributed by atoms with E-state index in [0.29, 0.717) is 11.7 Å². The smallest absolute Gasteiger partial charge is 0.231 e. The highest BCUT2D eigenvalue weighted by atomic mass is 32.2. The van der Waals surface area contributed by atoms with Gasteiger partial charge in [0, 0.05) is 29.3 Å². The summed E-state index contributed by atoms with van der Waals surface area (Å²) in [5, 5.41) is 15.7. The Kier molecular flexibility index (Phi) is 7.76. The number of aromatic nitrogens is 4. The summed E-state index contributed by atoms with van der Waals surface area (Å²) >= 11 is 3.17. The normalized spacial score (nSPS) is 14.4. The van der Waals surface area contributed by atoms with E-state index in [1.165, 1.54) is 43.4 Å². The summed E-state index contributed by atoms with van der Waals surface area (Å²) in [5.74, 6) is 2.26. The van der Waals surface area contributed by atoms with E-state index >= 15 is 0 Å². The molecule has 3 aromatic rings. The first-order valence-corrected chi connectivity index (χ1v) is 13.0. The first kappa shape index (κ1) is 22.7. The third kappa shape index (κ3) is 5.66. The van der Waals surface area contributed by atoms with Gasteiger partial charge in [-0.1, -0.05) is 55.3 Å². The van der Waals surface area contributed by atoms with E-state index < -0.39 is 0 Å². The molecule has 4 rings (SSSR count). The number of thioether (sulfide) groups is 1. The minimum atomic E-state index is -0.0456. The third-order valence-electron chi connectivity index (χ3n) is 5.71. The van der Waals surface area contributed by atoms with Crippen molar-refractivity contribution in [1.29, 1.82) is 0 Å². The number of benzene rings is 1. The highest BCUT2D eigenvalue weighted by molar-refractivity contribution is 7.98. The second kappa shape index (κ2) is 10.9. The highest BCUT2D eigenvalue weighted by Gasteiger charge is 2.23. The number of rotatable bonds is 9. The summed E-state index contributed by atoms with van der Waals surface area (Å²) in [6.07, 6.45) is 8.44. The van der Waals surface area contributed by atoms with Crippen molar-refractivity contribution in [3.63, 3.8) is 0 Å². The molecule has 1 N–H and O–H groups in total. The summed E-state index contributed by atoms with van der Waals surface area (Å²) in [6, 6.07) is 7.78. The van der Waals surface area contributed by atoms with E-state index in [0.717, 1.165) is 39.5 Å². The molecule has 2 aromatic heterocycles. The summed E-state index contributed by atoms with van der Waals surface area (Å²) in [6.45, 7) is 6.62. The highest BCUT2D eigenvalue weighted by Crippen LogP contribution is 2.34. The van der Waals surface area contributed by atoms with Crippen molar-refractivity contribution in [2.45, 2.75) is 68.8 Å². The minimum Gasteiger partial charge on any atom is -0.325 e. The molecule has 0 radical (unpaired) electrons. The van der Waals surface area contributed by atoms with Gasteiger partial charge in [0.05, 0.1) is 12.1 Å². The molecular formula is C24H29N5OS2. The first-order valence-electron chi connectivity index (χ1n) is 11.1. The van der Waals surface area contributed by atoms with E-state index in [-0.39, 0.29) is 12.3 Å². The predicted octanol–water partition coefficient (Wildman–Crippen LogP) is 5.75. The fourth-order valence-corrected chi connectivity index (χ4v) is 5.80. The SMILES string of the molecule is C=CCn1c(SCc2csc(CC(=O)Nc3ccccc3C)n2)nnc1C1CCCCC1. The zero-order valence-corrected chi connectivity index (χ0v) is 20.1. The molecule has 1 aliphatic carbocycles. The van der Waals surface area contributed by atoms with Crippen LogP contribution in [0.1, 0.15) is 60.1 Å². The quantitative estimate of drug-likeness (QED) is 0.320. The van der Waals surface area contributed by atoms with Gasteiger partial charge in [0.15, 0.2) is 5.16 Å². The van der Waals surface area contributed by atoms with E-state index in [9.17, 15) is 4.79 Å². The monoisotopic (exact) mass is 467 g/mol. The Morgan fingerprint density at radius 2 is 2.09 bits per heavy atom. The number of para-hydroxylation sites is 1. The average Bonchev–Trinajstić information content (AvgIpc) is 3.41. The Bertz CT molecular complexity index is 1070. The fourth-order valence-electron chi connectivity index (χ4n) is 4.05. The number of carbonyl (C=O) groups excluding carboxylic acids is 1. The van der Waals surface area contributed by atoms with E-state index in [1.807, 2.05) is 42.6 Å². The molecule has 0 atom stereocenters. The Hall–Kier alpha value is -2.45. The number of nitrogens with zero attached hydrogens (tertiary/aromatic N) is 4. The Labute approximate surface area is 197 Å². The lowest BCUT2D eigenvalue weighted by molar-refractivity contribution is -0.115. The van der Waals surface area contributed by atoms with Gasteiger partial charge in [0.1, 0.15) is 10.8 Å². The van der Waals surface area contributed by atoms with Gasteiger partial charge >= 0.3 is 0 Å². The number of hydrogen-bond donors (Lipinski definition) is 1. The van der Waals surface area contributed by atoms with Gasteiger partial charge in [0.25, 0.3) is 0 Å². The maximum absolute atomic E-state index is 12.4. The van der Waals surface area contributed by atoms with Crippen LogP contribution >= 0.6 is 23.1 Å². The van der Waals surface area contributed by atoms with Crippen LogP contribution in [0, 0.1) is 6.92 Å². The molecule has 0 saturated heterocycles. The molecule has 2 heterocycles. The Balaban J connectivity index is 1.36. The van der Waals surface area contributed by atoms with Crippen molar-refractivity contribution in [3.05, 3.63) is 64.4 Å². The molecular weight excluding hydrogens is 438 g/mol. The number of thiazole rings is 1. The number of carbonyl (C=O) groups is 1. The van der Waals surface area contributed by atoms with Crippen LogP contribution in [0.3, 0.4) is 0 Å². The molecule has 1 amide bonds. The summed E-state index contributed by atoms with van der Waals surface area (Å²) in [7, 11) is 0. The van der Waals surface area contributed by atoms with Crippen molar-refractivity contribution in [3.8, 4) is 0 Å². The molecule has 0 unspecified atom stereocenters. The van der Waals surface area contributed by atoms with Gasteiger partial charge in [-0.05, 0) is 31.4 Å². The lowest BCUT2D eigenvalue weighted by Gasteiger charge is -2.21. The number of nitrogens with one attached hydrogen (secondary N) is 1. The lowest BCUT2D eigenvalue weighted by atomic mass is 9.89. The van der Waals surface area contributed by atoms with Gasteiger partial charge in [-0.25, -0.2) is 4.98 Å². The van der Waals surface area contributed by atoms with E-state index in [4.69, 9.17) is 0 Å². The standard InChI is InChI=1S/C24H29N5OS2/c1-3-13-29-23(18-10-5-4-6-11-18)27-28-24(29)32-16-19-15-31-22(25-19)14-21(30)26-20-12-8-7-9-17(20)2/h3,7-9,12,15,18H,1,4-6,10-11,13-14,16H2,2H3,(H,26,30). The van der Waals surface area contributed by atoms with Crippen LogP contribution in [0.15, 0.2) is 47.5 Å². The van der Waals surface area contributed by atoms with Crippen LogP contribution in [0.25, 0.3) is 0 Å². The number of aryl methyl sites for hydroxylation is 1. The van der Waals surface area contributed by atoms with Crippen molar-refractivity contribution in [1.82, 2.24) is 19.7 Å². The lowest BCUT2D eigenvalue weighted by Crippen LogP contribution is -2.15. The number of hydrogen-bond acceptors (Lipinski definition) is 6. The van der Waals surface area contributed by atoms with Crippen molar-refractivity contribution < 1.29 is 4.79 Å². The third-order valence-corrected chi connectivity index (χ3v) is 7.60. The number of amides is 1. The molecule has 0 bridgehead atoms. The van der Waals surface area contributed by atoms with E-state index in [2.05, 4.69) is 31.6 Å². The second-order valence-corrected chi connectivity index (χ2v) is 10.0. The largest absolute Gasteiger partial charge is 0.325 e. The molecule has 1 aliphatic rings. The fraction of sp³-hybridized carbons (Fsp3) is 0.417.